The number of thiazole rings is 1. The molecule has 1 aromatic heterocycles. The maximum absolute atomic E-state index is 13.2. The van der Waals surface area contributed by atoms with Crippen LogP contribution >= 0.6 is 22.9 Å². The summed E-state index contributed by atoms with van der Waals surface area (Å²) in [5, 5.41) is 0.608. The molecule has 0 radical (unpaired) electrons. The number of benzene rings is 3. The molecule has 0 saturated carbocycles. The topological polar surface area (TPSA) is 65.5 Å². The van der Waals surface area contributed by atoms with Gasteiger partial charge in [-0.1, -0.05) is 59.3 Å². The summed E-state index contributed by atoms with van der Waals surface area (Å²) in [5.41, 5.74) is 0. The summed E-state index contributed by atoms with van der Waals surface area (Å²) in [6, 6.07) is 23.8. The third-order valence-electron chi connectivity index (χ3n) is 3.82. The zero-order valence-corrected chi connectivity index (χ0v) is 17.2. The average molecular weight is 444 g/mol. The minimum Gasteiger partial charge on any atom is -0.437 e. The lowest BCUT2D eigenvalue weighted by Gasteiger charge is -2.06. The predicted molar refractivity (Wildman–Crippen MR) is 112 cm³/mol. The second-order valence-corrected chi connectivity index (χ2v) is 9.40. The number of aromatic nitrogens is 1. The maximum atomic E-state index is 13.2. The fraction of sp³-hybridized carbons (Fsp3) is 0. The molecule has 8 heteroatoms. The van der Waals surface area contributed by atoms with Gasteiger partial charge in [-0.25, -0.2) is 8.42 Å². The van der Waals surface area contributed by atoms with E-state index in [1.165, 1.54) is 24.3 Å². The molecular weight excluding hydrogens is 430 g/mol. The van der Waals surface area contributed by atoms with Crippen molar-refractivity contribution in [3.05, 3.63) is 90.0 Å². The van der Waals surface area contributed by atoms with Crippen molar-refractivity contribution >= 4 is 32.8 Å². The van der Waals surface area contributed by atoms with Crippen LogP contribution in [0.4, 0.5) is 0 Å². The number of hydrogen-bond donors (Lipinski definition) is 0. The van der Waals surface area contributed by atoms with Gasteiger partial charge in [0.1, 0.15) is 11.5 Å². The second kappa shape index (κ2) is 8.24. The van der Waals surface area contributed by atoms with Gasteiger partial charge in [0, 0.05) is 5.02 Å². The van der Waals surface area contributed by atoms with Crippen LogP contribution in [0.2, 0.25) is 5.02 Å². The maximum Gasteiger partial charge on any atom is 0.283 e. The van der Waals surface area contributed by atoms with E-state index in [1.54, 1.807) is 36.4 Å². The number of nitrogens with zero attached hydrogens (tertiary/aromatic N) is 1. The Labute approximate surface area is 177 Å². The first-order chi connectivity index (χ1) is 14.0. The molecular formula is C21H14ClNO4S2. The van der Waals surface area contributed by atoms with Crippen LogP contribution in [0.3, 0.4) is 0 Å². The summed E-state index contributed by atoms with van der Waals surface area (Å²) in [6.07, 6.45) is 0. The predicted octanol–water partition coefficient (Wildman–Crippen LogP) is 6.21. The fourth-order valence-corrected chi connectivity index (χ4v) is 5.16. The largest absolute Gasteiger partial charge is 0.437 e. The first-order valence-electron chi connectivity index (χ1n) is 8.50. The Balaban J connectivity index is 1.76. The van der Waals surface area contributed by atoms with Gasteiger partial charge >= 0.3 is 0 Å². The molecule has 0 N–H and O–H groups in total. The molecule has 0 spiro atoms. The highest BCUT2D eigenvalue weighted by molar-refractivity contribution is 7.93. The molecule has 0 aliphatic heterocycles. The Morgan fingerprint density at radius 2 is 1.31 bits per heavy atom. The summed E-state index contributed by atoms with van der Waals surface area (Å²) in [6.45, 7) is 0. The summed E-state index contributed by atoms with van der Waals surface area (Å²) in [4.78, 5) is 4.37. The third-order valence-corrected chi connectivity index (χ3v) is 7.25. The van der Waals surface area contributed by atoms with Crippen molar-refractivity contribution in [1.29, 1.82) is 0 Å². The lowest BCUT2D eigenvalue weighted by molar-refractivity contribution is 0.433. The van der Waals surface area contributed by atoms with E-state index in [0.717, 1.165) is 11.3 Å². The van der Waals surface area contributed by atoms with Crippen LogP contribution < -0.4 is 9.47 Å². The monoisotopic (exact) mass is 443 g/mol. The molecule has 0 aliphatic rings. The van der Waals surface area contributed by atoms with E-state index in [2.05, 4.69) is 4.98 Å². The van der Waals surface area contributed by atoms with E-state index >= 15 is 0 Å². The van der Waals surface area contributed by atoms with E-state index in [4.69, 9.17) is 21.1 Å². The smallest absolute Gasteiger partial charge is 0.283 e. The standard InChI is InChI=1S/C21H14ClNO4S2/c22-15-11-13-18(14-12-15)29(24,25)20-19(26-16-7-3-1-4-8-16)23-21(28-20)27-17-9-5-2-6-10-17/h1-14H. The lowest BCUT2D eigenvalue weighted by Crippen LogP contribution is -2.01. The van der Waals surface area contributed by atoms with Crippen LogP contribution in [-0.4, -0.2) is 13.4 Å². The van der Waals surface area contributed by atoms with E-state index in [1.807, 2.05) is 24.3 Å². The highest BCUT2D eigenvalue weighted by atomic mass is 35.5. The van der Waals surface area contributed by atoms with Crippen LogP contribution in [0, 0.1) is 0 Å². The zero-order chi connectivity index (χ0) is 20.3. The van der Waals surface area contributed by atoms with Crippen molar-refractivity contribution in [2.45, 2.75) is 9.10 Å². The quantitative estimate of drug-likeness (QED) is 0.354. The van der Waals surface area contributed by atoms with Crippen molar-refractivity contribution in [2.24, 2.45) is 0 Å². The Morgan fingerprint density at radius 3 is 1.90 bits per heavy atom. The van der Waals surface area contributed by atoms with Gasteiger partial charge in [-0.3, -0.25) is 0 Å². The normalized spacial score (nSPS) is 11.2. The molecule has 1 heterocycles. The summed E-state index contributed by atoms with van der Waals surface area (Å²) in [5.74, 6) is 0.974. The van der Waals surface area contributed by atoms with Gasteiger partial charge in [0.15, 0.2) is 4.21 Å². The molecule has 146 valence electrons. The number of hydrogen-bond acceptors (Lipinski definition) is 6. The molecule has 0 aliphatic carbocycles. The van der Waals surface area contributed by atoms with E-state index in [-0.39, 0.29) is 20.2 Å². The third kappa shape index (κ3) is 4.42. The van der Waals surface area contributed by atoms with Gasteiger partial charge in [0.25, 0.3) is 11.1 Å². The Morgan fingerprint density at radius 1 is 0.759 bits per heavy atom. The van der Waals surface area contributed by atoms with Crippen LogP contribution in [0.1, 0.15) is 0 Å². The van der Waals surface area contributed by atoms with E-state index < -0.39 is 9.84 Å². The summed E-state index contributed by atoms with van der Waals surface area (Å²) >= 11 is 6.79. The number of ether oxygens (including phenoxy) is 2. The van der Waals surface area contributed by atoms with Gasteiger partial charge in [0.2, 0.25) is 9.84 Å². The number of para-hydroxylation sites is 2. The van der Waals surface area contributed by atoms with Crippen molar-refractivity contribution in [2.75, 3.05) is 0 Å². The first-order valence-corrected chi connectivity index (χ1v) is 11.2. The Hall–Kier alpha value is -2.87. The number of halogens is 1. The molecule has 29 heavy (non-hydrogen) atoms. The van der Waals surface area contributed by atoms with Gasteiger partial charge in [-0.15, -0.1) is 0 Å². The number of sulfone groups is 1. The van der Waals surface area contributed by atoms with Crippen LogP contribution in [-0.2, 0) is 9.84 Å². The second-order valence-electron chi connectivity index (χ2n) is 5.86. The Bertz CT molecular complexity index is 1210. The van der Waals surface area contributed by atoms with Gasteiger partial charge in [-0.05, 0) is 48.5 Å². The summed E-state index contributed by atoms with van der Waals surface area (Å²) < 4.78 is 37.9. The minimum atomic E-state index is -3.89. The average Bonchev–Trinajstić information content (AvgIpc) is 3.13. The molecule has 3 aromatic carbocycles. The lowest BCUT2D eigenvalue weighted by atomic mass is 10.3. The Kier molecular flexibility index (Phi) is 5.53. The zero-order valence-electron chi connectivity index (χ0n) is 14.9. The highest BCUT2D eigenvalue weighted by Crippen LogP contribution is 2.41. The molecule has 4 rings (SSSR count). The molecule has 5 nitrogen and oxygen atoms in total. The minimum absolute atomic E-state index is 0.0397. The summed E-state index contributed by atoms with van der Waals surface area (Å²) in [7, 11) is -3.89. The van der Waals surface area contributed by atoms with E-state index in [9.17, 15) is 8.42 Å². The molecule has 0 bridgehead atoms. The van der Waals surface area contributed by atoms with Crippen molar-refractivity contribution < 1.29 is 17.9 Å². The van der Waals surface area contributed by atoms with Crippen molar-refractivity contribution in [3.8, 4) is 22.6 Å². The molecule has 0 unspecified atom stereocenters. The number of rotatable bonds is 6. The van der Waals surface area contributed by atoms with Crippen LogP contribution in [0.15, 0.2) is 94.0 Å². The molecule has 0 amide bonds. The van der Waals surface area contributed by atoms with E-state index in [0.29, 0.717) is 16.5 Å². The molecule has 0 atom stereocenters. The highest BCUT2D eigenvalue weighted by Gasteiger charge is 2.29. The van der Waals surface area contributed by atoms with Crippen molar-refractivity contribution in [3.63, 3.8) is 0 Å². The molecule has 0 fully saturated rings. The molecule has 0 saturated heterocycles. The SMILES string of the molecule is O=S(=O)(c1ccc(Cl)cc1)c1sc(Oc2ccccc2)nc1Oc1ccccc1. The van der Waals surface area contributed by atoms with Gasteiger partial charge in [0.05, 0.1) is 4.90 Å². The van der Waals surface area contributed by atoms with Crippen LogP contribution in [0.25, 0.3) is 0 Å². The first kappa shape index (κ1) is 19.4. The van der Waals surface area contributed by atoms with Crippen LogP contribution in [0.5, 0.6) is 22.6 Å². The van der Waals surface area contributed by atoms with Gasteiger partial charge < -0.3 is 9.47 Å². The van der Waals surface area contributed by atoms with Gasteiger partial charge in [-0.2, -0.15) is 4.98 Å². The van der Waals surface area contributed by atoms with Crippen molar-refractivity contribution in [1.82, 2.24) is 4.98 Å². The fourth-order valence-electron chi connectivity index (χ4n) is 2.46. The molecule has 4 aromatic rings.